The highest BCUT2D eigenvalue weighted by Gasteiger charge is 2.31. The van der Waals surface area contributed by atoms with Gasteiger partial charge in [0.25, 0.3) is 5.91 Å². The van der Waals surface area contributed by atoms with Gasteiger partial charge in [0.05, 0.1) is 11.1 Å². The Hall–Kier alpha value is -1.77. The minimum atomic E-state index is -4.52. The molecule has 2 rings (SSSR count). The first kappa shape index (κ1) is 15.6. The molecule has 0 bridgehead atoms. The van der Waals surface area contributed by atoms with Crippen molar-refractivity contribution >= 4 is 39.9 Å². The molecule has 2 aromatic carbocycles. The molecule has 0 saturated heterocycles. The van der Waals surface area contributed by atoms with Gasteiger partial charge in [0, 0.05) is 14.9 Å². The molecule has 0 spiro atoms. The van der Waals surface area contributed by atoms with Gasteiger partial charge >= 0.3 is 6.18 Å². The number of benzene rings is 2. The van der Waals surface area contributed by atoms with Gasteiger partial charge in [-0.15, -0.1) is 0 Å². The molecule has 0 atom stereocenters. The smallest absolute Gasteiger partial charge is 0.398 e. The maximum absolute atomic E-state index is 12.7. The third-order valence-corrected chi connectivity index (χ3v) is 3.38. The van der Waals surface area contributed by atoms with Crippen molar-refractivity contribution in [1.82, 2.24) is 0 Å². The molecule has 3 N–H and O–H groups in total. The number of carbonyl (C=O) groups excluding carboxylic acids is 1. The van der Waals surface area contributed by atoms with Gasteiger partial charge < -0.3 is 11.1 Å². The number of carbonyl (C=O) groups is 1. The van der Waals surface area contributed by atoms with Gasteiger partial charge in [-0.05, 0) is 59.0 Å². The first-order valence-corrected chi connectivity index (χ1v) is 6.89. The summed E-state index contributed by atoms with van der Waals surface area (Å²) in [5.74, 6) is -0.680. The second-order valence-electron chi connectivity index (χ2n) is 4.26. The van der Waals surface area contributed by atoms with Gasteiger partial charge in [-0.25, -0.2) is 0 Å². The average molecular weight is 406 g/mol. The molecule has 110 valence electrons. The van der Waals surface area contributed by atoms with Crippen LogP contribution in [-0.4, -0.2) is 5.91 Å². The summed E-state index contributed by atoms with van der Waals surface area (Å²) in [6, 6.07) is 9.57. The maximum atomic E-state index is 12.7. The Kier molecular flexibility index (Phi) is 4.40. The molecule has 0 aliphatic rings. The Balaban J connectivity index is 2.31. The summed E-state index contributed by atoms with van der Waals surface area (Å²) in [7, 11) is 0. The van der Waals surface area contributed by atoms with Crippen molar-refractivity contribution in [2.75, 3.05) is 11.1 Å². The molecule has 1 amide bonds. The minimum absolute atomic E-state index is 0.00821. The van der Waals surface area contributed by atoms with Crippen LogP contribution in [-0.2, 0) is 6.18 Å². The van der Waals surface area contributed by atoms with Crippen LogP contribution in [0.2, 0.25) is 0 Å². The van der Waals surface area contributed by atoms with Crippen LogP contribution in [0, 0.1) is 3.57 Å². The number of hydrogen-bond donors (Lipinski definition) is 2. The highest BCUT2D eigenvalue weighted by molar-refractivity contribution is 14.1. The van der Waals surface area contributed by atoms with Gasteiger partial charge in [-0.2, -0.15) is 13.2 Å². The van der Waals surface area contributed by atoms with Crippen LogP contribution in [0.1, 0.15) is 15.9 Å². The zero-order chi connectivity index (χ0) is 15.6. The Bertz CT molecular complexity index is 686. The molecule has 7 heteroatoms. The van der Waals surface area contributed by atoms with E-state index in [2.05, 4.69) is 27.9 Å². The normalized spacial score (nSPS) is 11.2. The summed E-state index contributed by atoms with van der Waals surface area (Å²) >= 11 is 2.06. The number of nitrogen functional groups attached to an aromatic ring is 1. The number of hydrogen-bond acceptors (Lipinski definition) is 2. The summed E-state index contributed by atoms with van der Waals surface area (Å²) in [4.78, 5) is 12.1. The molecule has 0 unspecified atom stereocenters. The molecule has 0 heterocycles. The van der Waals surface area contributed by atoms with Crippen molar-refractivity contribution in [2.24, 2.45) is 0 Å². The molecule has 0 aliphatic carbocycles. The van der Waals surface area contributed by atoms with Gasteiger partial charge in [-0.1, -0.05) is 6.07 Å². The Morgan fingerprint density at radius 1 is 1.14 bits per heavy atom. The summed E-state index contributed by atoms with van der Waals surface area (Å²) < 4.78 is 38.9. The Morgan fingerprint density at radius 3 is 2.48 bits per heavy atom. The van der Waals surface area contributed by atoms with E-state index in [9.17, 15) is 18.0 Å². The lowest BCUT2D eigenvalue weighted by molar-refractivity contribution is -0.137. The standard InChI is InChI=1S/C14H10F3IN2O/c15-14(16,17)8-4-5-12(19)11(6-8)13(21)20-10-3-1-2-9(18)7-10/h1-7H,19H2,(H,20,21). The van der Waals surface area contributed by atoms with E-state index in [1.54, 1.807) is 18.2 Å². The van der Waals surface area contributed by atoms with Crippen LogP contribution in [0.25, 0.3) is 0 Å². The molecule has 3 nitrogen and oxygen atoms in total. The second kappa shape index (κ2) is 5.92. The van der Waals surface area contributed by atoms with E-state index >= 15 is 0 Å². The van der Waals surface area contributed by atoms with E-state index < -0.39 is 17.6 Å². The van der Waals surface area contributed by atoms with Crippen LogP contribution in [0.15, 0.2) is 42.5 Å². The Morgan fingerprint density at radius 2 is 1.86 bits per heavy atom. The molecule has 0 aromatic heterocycles. The van der Waals surface area contributed by atoms with Crippen molar-refractivity contribution in [3.63, 3.8) is 0 Å². The van der Waals surface area contributed by atoms with E-state index in [0.29, 0.717) is 5.69 Å². The largest absolute Gasteiger partial charge is 0.416 e. The zero-order valence-electron chi connectivity index (χ0n) is 10.5. The van der Waals surface area contributed by atoms with Crippen LogP contribution in [0.5, 0.6) is 0 Å². The van der Waals surface area contributed by atoms with Crippen molar-refractivity contribution in [3.05, 3.63) is 57.2 Å². The molecule has 21 heavy (non-hydrogen) atoms. The summed E-state index contributed by atoms with van der Waals surface area (Å²) in [5.41, 5.74) is 4.95. The van der Waals surface area contributed by atoms with E-state index in [-0.39, 0.29) is 11.3 Å². The van der Waals surface area contributed by atoms with Crippen LogP contribution in [0.3, 0.4) is 0 Å². The quantitative estimate of drug-likeness (QED) is 0.582. The highest BCUT2D eigenvalue weighted by Crippen LogP contribution is 2.31. The van der Waals surface area contributed by atoms with Crippen LogP contribution >= 0.6 is 22.6 Å². The summed E-state index contributed by atoms with van der Waals surface area (Å²) in [5, 5.41) is 2.53. The number of alkyl halides is 3. The first-order chi connectivity index (χ1) is 9.77. The Labute approximate surface area is 132 Å². The number of halogens is 4. The zero-order valence-corrected chi connectivity index (χ0v) is 12.7. The molecule has 2 aromatic rings. The van der Waals surface area contributed by atoms with E-state index in [4.69, 9.17) is 5.73 Å². The van der Waals surface area contributed by atoms with Gasteiger partial charge in [0.1, 0.15) is 0 Å². The molecule has 0 fully saturated rings. The highest BCUT2D eigenvalue weighted by atomic mass is 127. The van der Waals surface area contributed by atoms with Crippen molar-refractivity contribution in [3.8, 4) is 0 Å². The SMILES string of the molecule is Nc1ccc(C(F)(F)F)cc1C(=O)Nc1cccc(I)c1. The molecule has 0 aliphatic heterocycles. The molecular weight excluding hydrogens is 396 g/mol. The predicted molar refractivity (Wildman–Crippen MR) is 83.0 cm³/mol. The fourth-order valence-corrected chi connectivity index (χ4v) is 2.24. The third-order valence-electron chi connectivity index (χ3n) is 2.71. The average Bonchev–Trinajstić information content (AvgIpc) is 2.37. The van der Waals surface area contributed by atoms with Gasteiger partial charge in [-0.3, -0.25) is 4.79 Å². The monoisotopic (exact) mass is 406 g/mol. The third kappa shape index (κ3) is 3.87. The van der Waals surface area contributed by atoms with Gasteiger partial charge in [0.2, 0.25) is 0 Å². The minimum Gasteiger partial charge on any atom is -0.398 e. The molecule has 0 radical (unpaired) electrons. The lowest BCUT2D eigenvalue weighted by atomic mass is 10.1. The molecule has 0 saturated carbocycles. The predicted octanol–water partition coefficient (Wildman–Crippen LogP) is 4.14. The summed E-state index contributed by atoms with van der Waals surface area (Å²) in [6.07, 6.45) is -4.52. The first-order valence-electron chi connectivity index (χ1n) is 5.81. The fraction of sp³-hybridized carbons (Fsp3) is 0.0714. The van der Waals surface area contributed by atoms with E-state index in [1.807, 2.05) is 6.07 Å². The molecular formula is C14H10F3IN2O. The summed E-state index contributed by atoms with van der Waals surface area (Å²) in [6.45, 7) is 0. The van der Waals surface area contributed by atoms with E-state index in [1.165, 1.54) is 0 Å². The van der Waals surface area contributed by atoms with Crippen molar-refractivity contribution in [1.29, 1.82) is 0 Å². The lowest BCUT2D eigenvalue weighted by Crippen LogP contribution is -2.16. The van der Waals surface area contributed by atoms with Crippen molar-refractivity contribution < 1.29 is 18.0 Å². The fourth-order valence-electron chi connectivity index (χ4n) is 1.69. The van der Waals surface area contributed by atoms with Gasteiger partial charge in [0.15, 0.2) is 0 Å². The topological polar surface area (TPSA) is 55.1 Å². The number of nitrogens with one attached hydrogen (secondary N) is 1. The number of anilines is 2. The number of amides is 1. The second-order valence-corrected chi connectivity index (χ2v) is 5.51. The van der Waals surface area contributed by atoms with Crippen molar-refractivity contribution in [2.45, 2.75) is 6.18 Å². The number of nitrogens with two attached hydrogens (primary N) is 1. The van der Waals surface area contributed by atoms with Crippen LogP contribution < -0.4 is 11.1 Å². The number of rotatable bonds is 2. The van der Waals surface area contributed by atoms with Crippen LogP contribution in [0.4, 0.5) is 24.5 Å². The maximum Gasteiger partial charge on any atom is 0.416 e. The van der Waals surface area contributed by atoms with E-state index in [0.717, 1.165) is 21.8 Å². The lowest BCUT2D eigenvalue weighted by Gasteiger charge is -2.11.